The molecule has 0 spiro atoms. The highest BCUT2D eigenvalue weighted by atomic mass is 15.2. The van der Waals surface area contributed by atoms with Gasteiger partial charge in [0.1, 0.15) is 0 Å². The highest BCUT2D eigenvalue weighted by molar-refractivity contribution is 5.64. The van der Waals surface area contributed by atoms with Crippen molar-refractivity contribution >= 4 is 17.2 Å². The summed E-state index contributed by atoms with van der Waals surface area (Å²) in [5.41, 5.74) is 3.90. The van der Waals surface area contributed by atoms with Gasteiger partial charge < -0.3 is 15.6 Å². The van der Waals surface area contributed by atoms with Crippen molar-refractivity contribution in [2.45, 2.75) is 0 Å². The molecular formula is C15H15N5. The first-order chi connectivity index (χ1) is 9.85. The molecule has 3 N–H and O–H groups in total. The fourth-order valence-corrected chi connectivity index (χ4v) is 1.94. The van der Waals surface area contributed by atoms with Crippen molar-refractivity contribution in [1.82, 2.24) is 15.2 Å². The smallest absolute Gasteiger partial charge is 0.153 e. The molecule has 5 heteroatoms. The Morgan fingerprint density at radius 2 is 1.90 bits per heavy atom. The molecule has 0 amide bonds. The lowest BCUT2D eigenvalue weighted by Gasteiger charge is -2.07. The van der Waals surface area contributed by atoms with Crippen molar-refractivity contribution in [2.24, 2.45) is 0 Å². The van der Waals surface area contributed by atoms with Crippen LogP contribution in [0.25, 0.3) is 11.3 Å². The van der Waals surface area contributed by atoms with Crippen LogP contribution in [0.4, 0.5) is 17.2 Å². The maximum absolute atomic E-state index is 4.21. The van der Waals surface area contributed by atoms with Crippen molar-refractivity contribution in [3.8, 4) is 11.3 Å². The molecular weight excluding hydrogens is 250 g/mol. The van der Waals surface area contributed by atoms with Crippen molar-refractivity contribution in [2.75, 3.05) is 17.7 Å². The molecule has 2 heterocycles. The average molecular weight is 265 g/mol. The summed E-state index contributed by atoms with van der Waals surface area (Å²) in [5, 5.41) is 14.7. The molecule has 0 saturated heterocycles. The largest absolute Gasteiger partial charge is 0.388 e. The van der Waals surface area contributed by atoms with Gasteiger partial charge in [-0.1, -0.05) is 6.07 Å². The standard InChI is InChI=1S/C15H15N5/c1-16-12-3-2-4-13(9-12)18-15-6-5-14(19-20-15)11-7-8-17-10-11/h2-10,16-17H,1H3,(H,18,20). The van der Waals surface area contributed by atoms with Crippen LogP contribution < -0.4 is 10.6 Å². The first-order valence-corrected chi connectivity index (χ1v) is 6.37. The van der Waals surface area contributed by atoms with E-state index in [9.17, 15) is 0 Å². The van der Waals surface area contributed by atoms with E-state index in [0.29, 0.717) is 0 Å². The van der Waals surface area contributed by atoms with Crippen molar-refractivity contribution in [1.29, 1.82) is 0 Å². The SMILES string of the molecule is CNc1cccc(Nc2ccc(-c3cc[nH]c3)nn2)c1. The molecule has 0 bridgehead atoms. The summed E-state index contributed by atoms with van der Waals surface area (Å²) in [7, 11) is 1.89. The van der Waals surface area contributed by atoms with E-state index in [2.05, 4.69) is 25.8 Å². The second kappa shape index (κ2) is 5.44. The zero-order valence-corrected chi connectivity index (χ0v) is 11.1. The topological polar surface area (TPSA) is 65.6 Å². The van der Waals surface area contributed by atoms with Crippen LogP contribution in [0.2, 0.25) is 0 Å². The van der Waals surface area contributed by atoms with Crippen LogP contribution in [0.1, 0.15) is 0 Å². The first-order valence-electron chi connectivity index (χ1n) is 6.37. The number of nitrogens with one attached hydrogen (secondary N) is 3. The normalized spacial score (nSPS) is 10.2. The minimum atomic E-state index is 0.720. The van der Waals surface area contributed by atoms with Gasteiger partial charge >= 0.3 is 0 Å². The van der Waals surface area contributed by atoms with Crippen molar-refractivity contribution in [3.05, 3.63) is 54.9 Å². The second-order valence-electron chi connectivity index (χ2n) is 4.36. The van der Waals surface area contributed by atoms with Crippen LogP contribution in [0.5, 0.6) is 0 Å². The number of benzene rings is 1. The quantitative estimate of drug-likeness (QED) is 0.677. The highest BCUT2D eigenvalue weighted by Gasteiger charge is 2.02. The number of nitrogens with zero attached hydrogens (tertiary/aromatic N) is 2. The second-order valence-corrected chi connectivity index (χ2v) is 4.36. The number of hydrogen-bond acceptors (Lipinski definition) is 4. The molecule has 0 fully saturated rings. The van der Waals surface area contributed by atoms with Gasteiger partial charge in [0, 0.05) is 36.4 Å². The molecule has 100 valence electrons. The van der Waals surface area contributed by atoms with Gasteiger partial charge in [0.2, 0.25) is 0 Å². The molecule has 0 unspecified atom stereocenters. The van der Waals surface area contributed by atoms with E-state index in [0.717, 1.165) is 28.5 Å². The van der Waals surface area contributed by atoms with Gasteiger partial charge in [-0.3, -0.25) is 0 Å². The third kappa shape index (κ3) is 2.61. The van der Waals surface area contributed by atoms with Gasteiger partial charge in [0.05, 0.1) is 5.69 Å². The zero-order valence-electron chi connectivity index (χ0n) is 11.1. The number of aromatic nitrogens is 3. The summed E-state index contributed by atoms with van der Waals surface area (Å²) in [4.78, 5) is 3.00. The molecule has 0 aliphatic carbocycles. The van der Waals surface area contributed by atoms with E-state index in [1.54, 1.807) is 0 Å². The molecule has 0 saturated carbocycles. The van der Waals surface area contributed by atoms with Gasteiger partial charge in [-0.15, -0.1) is 10.2 Å². The summed E-state index contributed by atoms with van der Waals surface area (Å²) in [5.74, 6) is 0.720. The predicted octanol–water partition coefficient (Wildman–Crippen LogP) is 3.26. The molecule has 0 radical (unpaired) electrons. The molecule has 3 aromatic rings. The van der Waals surface area contributed by atoms with Crippen LogP contribution in [0.3, 0.4) is 0 Å². The third-order valence-electron chi connectivity index (χ3n) is 2.98. The fourth-order valence-electron chi connectivity index (χ4n) is 1.94. The number of aromatic amines is 1. The zero-order chi connectivity index (χ0) is 13.8. The summed E-state index contributed by atoms with van der Waals surface area (Å²) >= 11 is 0. The Morgan fingerprint density at radius 3 is 2.60 bits per heavy atom. The van der Waals surface area contributed by atoms with Gasteiger partial charge in [-0.05, 0) is 36.4 Å². The molecule has 1 aromatic carbocycles. The lowest BCUT2D eigenvalue weighted by molar-refractivity contribution is 1.04. The number of anilines is 3. The van der Waals surface area contributed by atoms with Crippen LogP contribution in [0, 0.1) is 0 Å². The summed E-state index contributed by atoms with van der Waals surface area (Å²) < 4.78 is 0. The minimum absolute atomic E-state index is 0.720. The highest BCUT2D eigenvalue weighted by Crippen LogP contribution is 2.20. The first kappa shape index (κ1) is 12.2. The number of hydrogen-bond donors (Lipinski definition) is 3. The van der Waals surface area contributed by atoms with E-state index < -0.39 is 0 Å². The van der Waals surface area contributed by atoms with Crippen molar-refractivity contribution in [3.63, 3.8) is 0 Å². The van der Waals surface area contributed by atoms with Crippen LogP contribution >= 0.6 is 0 Å². The molecule has 0 atom stereocenters. The Bertz CT molecular complexity index is 674. The van der Waals surface area contributed by atoms with Crippen LogP contribution in [-0.4, -0.2) is 22.2 Å². The summed E-state index contributed by atoms with van der Waals surface area (Å²) in [6, 6.07) is 13.8. The van der Waals surface area contributed by atoms with Crippen molar-refractivity contribution < 1.29 is 0 Å². The maximum atomic E-state index is 4.21. The number of H-pyrrole nitrogens is 1. The van der Waals surface area contributed by atoms with Gasteiger partial charge in [0.25, 0.3) is 0 Å². The molecule has 2 aromatic heterocycles. The molecule has 20 heavy (non-hydrogen) atoms. The third-order valence-corrected chi connectivity index (χ3v) is 2.98. The summed E-state index contributed by atoms with van der Waals surface area (Å²) in [6.45, 7) is 0. The van der Waals surface area contributed by atoms with E-state index in [1.165, 1.54) is 0 Å². The Hall–Kier alpha value is -2.82. The van der Waals surface area contributed by atoms with Crippen LogP contribution in [-0.2, 0) is 0 Å². The Kier molecular flexibility index (Phi) is 3.33. The Labute approximate surface area is 117 Å². The molecule has 5 nitrogen and oxygen atoms in total. The number of rotatable bonds is 4. The van der Waals surface area contributed by atoms with Crippen LogP contribution in [0.15, 0.2) is 54.9 Å². The van der Waals surface area contributed by atoms with E-state index in [-0.39, 0.29) is 0 Å². The maximum Gasteiger partial charge on any atom is 0.153 e. The molecule has 0 aliphatic rings. The van der Waals surface area contributed by atoms with E-state index in [4.69, 9.17) is 0 Å². The lowest BCUT2D eigenvalue weighted by atomic mass is 10.2. The Morgan fingerprint density at radius 1 is 1.00 bits per heavy atom. The average Bonchev–Trinajstić information content (AvgIpc) is 3.02. The monoisotopic (exact) mass is 265 g/mol. The predicted molar refractivity (Wildman–Crippen MR) is 81.1 cm³/mol. The fraction of sp³-hybridized carbons (Fsp3) is 0.0667. The van der Waals surface area contributed by atoms with Gasteiger partial charge in [-0.2, -0.15) is 0 Å². The van der Waals surface area contributed by atoms with E-state index >= 15 is 0 Å². The lowest BCUT2D eigenvalue weighted by Crippen LogP contribution is -1.97. The molecule has 0 aliphatic heterocycles. The minimum Gasteiger partial charge on any atom is -0.388 e. The Balaban J connectivity index is 1.78. The van der Waals surface area contributed by atoms with Gasteiger partial charge in [0.15, 0.2) is 5.82 Å². The summed E-state index contributed by atoms with van der Waals surface area (Å²) in [6.07, 6.45) is 3.76. The van der Waals surface area contributed by atoms with Gasteiger partial charge in [-0.25, -0.2) is 0 Å². The molecule has 3 rings (SSSR count). The van der Waals surface area contributed by atoms with E-state index in [1.807, 2.05) is 61.9 Å².